The Morgan fingerprint density at radius 1 is 1.14 bits per heavy atom. The Balaban J connectivity index is 2.57. The zero-order chi connectivity index (χ0) is 9.54. The second-order valence-corrected chi connectivity index (χ2v) is 3.51. The topological polar surface area (TPSA) is 13.1 Å². The van der Waals surface area contributed by atoms with Gasteiger partial charge < -0.3 is 4.42 Å². The Kier molecular flexibility index (Phi) is 1.42. The van der Waals surface area contributed by atoms with Gasteiger partial charge in [0.25, 0.3) is 0 Å². The van der Waals surface area contributed by atoms with Gasteiger partial charge in [-0.1, -0.05) is 24.3 Å². The van der Waals surface area contributed by atoms with Crippen molar-refractivity contribution < 1.29 is 4.42 Å². The minimum Gasteiger partial charge on any atom is -0.456 e. The van der Waals surface area contributed by atoms with Crippen LogP contribution in [-0.2, 0) is 0 Å². The van der Waals surface area contributed by atoms with Crippen molar-refractivity contribution in [2.24, 2.45) is 0 Å². The van der Waals surface area contributed by atoms with Crippen LogP contribution in [0.1, 0.15) is 5.56 Å². The molecule has 0 fully saturated rings. The minimum absolute atomic E-state index is 0.910. The van der Waals surface area contributed by atoms with Crippen LogP contribution >= 0.6 is 0 Å². The van der Waals surface area contributed by atoms with Gasteiger partial charge in [0.1, 0.15) is 11.2 Å². The summed E-state index contributed by atoms with van der Waals surface area (Å²) in [7, 11) is 0. The zero-order valence-corrected chi connectivity index (χ0v) is 7.87. The maximum atomic E-state index is 5.70. The lowest BCUT2D eigenvalue weighted by atomic mass is 10.1. The van der Waals surface area contributed by atoms with Crippen LogP contribution in [0.5, 0.6) is 0 Å². The summed E-state index contributed by atoms with van der Waals surface area (Å²) in [5, 5.41) is 2.22. The highest BCUT2D eigenvalue weighted by Crippen LogP contribution is 2.28. The van der Waals surface area contributed by atoms with E-state index in [0.717, 1.165) is 21.9 Å². The lowest BCUT2D eigenvalue weighted by Crippen LogP contribution is -1.69. The highest BCUT2D eigenvalue weighted by molar-refractivity contribution is 6.04. The van der Waals surface area contributed by atoms with E-state index in [1.807, 2.05) is 18.2 Å². The molecule has 3 rings (SSSR count). The molecule has 1 aromatic heterocycles. The second-order valence-electron chi connectivity index (χ2n) is 3.51. The van der Waals surface area contributed by atoms with E-state index in [-0.39, 0.29) is 0 Å². The lowest BCUT2D eigenvalue weighted by Gasteiger charge is -1.90. The molecule has 1 heteroatoms. The molecule has 0 unspecified atom stereocenters. The molecule has 0 atom stereocenters. The molecule has 1 heterocycles. The first kappa shape index (κ1) is 7.63. The summed E-state index contributed by atoms with van der Waals surface area (Å²) in [5.41, 5.74) is 3.08. The van der Waals surface area contributed by atoms with Gasteiger partial charge in [-0.15, -0.1) is 0 Å². The van der Waals surface area contributed by atoms with Crippen molar-refractivity contribution in [3.8, 4) is 0 Å². The lowest BCUT2D eigenvalue weighted by molar-refractivity contribution is 0.668. The van der Waals surface area contributed by atoms with E-state index < -0.39 is 0 Å². The molecular formula is C13H9O. The molecule has 0 saturated heterocycles. The Morgan fingerprint density at radius 3 is 3.00 bits per heavy atom. The van der Waals surface area contributed by atoms with E-state index >= 15 is 0 Å². The summed E-state index contributed by atoms with van der Waals surface area (Å²) < 4.78 is 5.70. The molecule has 0 amide bonds. The Hall–Kier alpha value is -1.76. The summed E-state index contributed by atoms with van der Waals surface area (Å²) in [4.78, 5) is 0. The molecule has 0 saturated carbocycles. The van der Waals surface area contributed by atoms with Gasteiger partial charge in [0.05, 0.1) is 0 Å². The molecule has 0 spiro atoms. The molecule has 2 aromatic carbocycles. The first-order valence-electron chi connectivity index (χ1n) is 4.64. The Bertz CT molecular complexity index is 605. The van der Waals surface area contributed by atoms with E-state index in [0.29, 0.717) is 0 Å². The summed E-state index contributed by atoms with van der Waals surface area (Å²) in [5.74, 6) is 0. The molecule has 3 aromatic rings. The van der Waals surface area contributed by atoms with Gasteiger partial charge in [-0.05, 0) is 30.7 Å². The molecule has 0 bridgehead atoms. The van der Waals surface area contributed by atoms with Crippen molar-refractivity contribution in [2.45, 2.75) is 6.92 Å². The molecule has 1 radical (unpaired) electrons. The van der Waals surface area contributed by atoms with Crippen LogP contribution in [0.3, 0.4) is 0 Å². The summed E-state index contributed by atoms with van der Waals surface area (Å²) >= 11 is 0. The average molecular weight is 181 g/mol. The number of fused-ring (bicyclic) bond motifs is 3. The van der Waals surface area contributed by atoms with Gasteiger partial charge in [-0.25, -0.2) is 0 Å². The first-order chi connectivity index (χ1) is 6.84. The quantitative estimate of drug-likeness (QED) is 0.515. The predicted octanol–water partition coefficient (Wildman–Crippen LogP) is 3.69. The number of rotatable bonds is 0. The van der Waals surface area contributed by atoms with Crippen molar-refractivity contribution in [1.29, 1.82) is 0 Å². The zero-order valence-electron chi connectivity index (χ0n) is 7.87. The third-order valence-electron chi connectivity index (χ3n) is 2.44. The van der Waals surface area contributed by atoms with E-state index in [9.17, 15) is 0 Å². The number of furan rings is 1. The van der Waals surface area contributed by atoms with E-state index in [1.165, 1.54) is 5.56 Å². The van der Waals surface area contributed by atoms with Crippen LogP contribution in [0.2, 0.25) is 0 Å². The molecular weight excluding hydrogens is 172 g/mol. The number of aryl methyl sites for hydroxylation is 1. The molecule has 67 valence electrons. The van der Waals surface area contributed by atoms with Crippen LogP contribution in [0.15, 0.2) is 40.8 Å². The number of hydrogen-bond donors (Lipinski definition) is 0. The van der Waals surface area contributed by atoms with Crippen molar-refractivity contribution >= 4 is 21.9 Å². The summed E-state index contributed by atoms with van der Waals surface area (Å²) in [6, 6.07) is 15.3. The predicted molar refractivity (Wildman–Crippen MR) is 57.3 cm³/mol. The average Bonchev–Trinajstić information content (AvgIpc) is 2.54. The van der Waals surface area contributed by atoms with Gasteiger partial charge in [0.2, 0.25) is 0 Å². The second kappa shape index (κ2) is 2.61. The largest absolute Gasteiger partial charge is 0.456 e. The van der Waals surface area contributed by atoms with Crippen LogP contribution in [-0.4, -0.2) is 0 Å². The Labute approximate surface area is 82.0 Å². The maximum absolute atomic E-state index is 5.70. The Morgan fingerprint density at radius 2 is 2.07 bits per heavy atom. The van der Waals surface area contributed by atoms with E-state index in [4.69, 9.17) is 4.42 Å². The third kappa shape index (κ3) is 0.956. The molecule has 0 aliphatic heterocycles. The first-order valence-corrected chi connectivity index (χ1v) is 4.64. The van der Waals surface area contributed by atoms with Crippen molar-refractivity contribution in [3.05, 3.63) is 48.0 Å². The van der Waals surface area contributed by atoms with Crippen LogP contribution in [0, 0.1) is 13.0 Å². The number of benzene rings is 2. The van der Waals surface area contributed by atoms with Gasteiger partial charge in [-0.3, -0.25) is 0 Å². The summed E-state index contributed by atoms with van der Waals surface area (Å²) in [6.07, 6.45) is 0. The standard InChI is InChI=1S/C13H9O/c1-9-6-7-11-10-4-2-3-5-12(10)14-13(11)8-9/h2-3,5-8H,1H3. The molecule has 0 aliphatic rings. The minimum atomic E-state index is 0.910. The highest BCUT2D eigenvalue weighted by atomic mass is 16.3. The van der Waals surface area contributed by atoms with Gasteiger partial charge in [0.15, 0.2) is 0 Å². The molecule has 1 nitrogen and oxygen atoms in total. The molecule has 0 N–H and O–H groups in total. The van der Waals surface area contributed by atoms with Crippen LogP contribution in [0.4, 0.5) is 0 Å². The third-order valence-corrected chi connectivity index (χ3v) is 2.44. The van der Waals surface area contributed by atoms with Crippen molar-refractivity contribution in [1.82, 2.24) is 0 Å². The number of hydrogen-bond acceptors (Lipinski definition) is 1. The highest BCUT2D eigenvalue weighted by Gasteiger charge is 2.04. The van der Waals surface area contributed by atoms with Gasteiger partial charge in [-0.2, -0.15) is 0 Å². The van der Waals surface area contributed by atoms with Gasteiger partial charge in [0, 0.05) is 10.8 Å². The fraction of sp³-hybridized carbons (Fsp3) is 0.0769. The fourth-order valence-electron chi connectivity index (χ4n) is 1.76. The summed E-state index contributed by atoms with van der Waals surface area (Å²) in [6.45, 7) is 2.07. The maximum Gasteiger partial charge on any atom is 0.136 e. The van der Waals surface area contributed by atoms with Crippen LogP contribution in [0.25, 0.3) is 21.9 Å². The fourth-order valence-corrected chi connectivity index (χ4v) is 1.76. The monoisotopic (exact) mass is 181 g/mol. The van der Waals surface area contributed by atoms with Crippen molar-refractivity contribution in [3.63, 3.8) is 0 Å². The smallest absolute Gasteiger partial charge is 0.136 e. The molecule has 14 heavy (non-hydrogen) atoms. The van der Waals surface area contributed by atoms with Crippen LogP contribution < -0.4 is 0 Å². The van der Waals surface area contributed by atoms with Gasteiger partial charge >= 0.3 is 0 Å². The van der Waals surface area contributed by atoms with E-state index in [1.54, 1.807) is 0 Å². The molecule has 0 aliphatic carbocycles. The van der Waals surface area contributed by atoms with E-state index in [2.05, 4.69) is 31.2 Å². The SMILES string of the molecule is Cc1ccc2c(c1)oc1ccc[c]c12. The van der Waals surface area contributed by atoms with Crippen molar-refractivity contribution in [2.75, 3.05) is 0 Å². The normalized spacial score (nSPS) is 11.2.